The number of methoxy groups -OCH3 is 1. The van der Waals surface area contributed by atoms with E-state index >= 15 is 0 Å². The topological polar surface area (TPSA) is 102 Å². The lowest BCUT2D eigenvalue weighted by Gasteiger charge is -2.46. The van der Waals surface area contributed by atoms with Crippen molar-refractivity contribution in [3.8, 4) is 0 Å². The molecule has 1 atom stereocenters. The van der Waals surface area contributed by atoms with Crippen LogP contribution in [-0.2, 0) is 14.3 Å². The zero-order valence-electron chi connectivity index (χ0n) is 15.7. The fourth-order valence-electron chi connectivity index (χ4n) is 2.74. The fraction of sp³-hybridized carbons (Fsp3) is 0.875. The maximum atomic E-state index is 8.36. The summed E-state index contributed by atoms with van der Waals surface area (Å²) in [4.78, 5) is 21.7. The summed E-state index contributed by atoms with van der Waals surface area (Å²) >= 11 is 0. The van der Waals surface area contributed by atoms with Crippen LogP contribution in [0.4, 0.5) is 0 Å². The Labute approximate surface area is 145 Å². The molecule has 144 valence electrons. The number of ether oxygens (including phenoxy) is 1. The molecule has 8 nitrogen and oxygen atoms in total. The molecule has 0 saturated carbocycles. The number of piperidine rings is 1. The highest BCUT2D eigenvalue weighted by atomic mass is 16.5. The van der Waals surface area contributed by atoms with E-state index in [0.29, 0.717) is 11.6 Å². The number of likely N-dealkylation sites (N-methyl/N-ethyl adjacent to an activating group) is 1. The van der Waals surface area contributed by atoms with Crippen molar-refractivity contribution < 1.29 is 24.5 Å². The van der Waals surface area contributed by atoms with Gasteiger partial charge in [0.15, 0.2) is 0 Å². The Morgan fingerprint density at radius 3 is 2.04 bits per heavy atom. The highest BCUT2D eigenvalue weighted by molar-refractivity contribution is 5.33. The molecule has 0 spiro atoms. The van der Waals surface area contributed by atoms with Crippen molar-refractivity contribution >= 4 is 12.9 Å². The first kappa shape index (κ1) is 25.0. The lowest BCUT2D eigenvalue weighted by Crippen LogP contribution is -2.58. The van der Waals surface area contributed by atoms with Crippen molar-refractivity contribution in [3.05, 3.63) is 0 Å². The van der Waals surface area contributed by atoms with Crippen LogP contribution in [0.15, 0.2) is 0 Å². The Morgan fingerprint density at radius 2 is 1.71 bits per heavy atom. The van der Waals surface area contributed by atoms with Gasteiger partial charge in [0.1, 0.15) is 0 Å². The molecule has 24 heavy (non-hydrogen) atoms. The van der Waals surface area contributed by atoms with Gasteiger partial charge in [0, 0.05) is 25.2 Å². The van der Waals surface area contributed by atoms with E-state index in [1.54, 1.807) is 7.11 Å². The van der Waals surface area contributed by atoms with Gasteiger partial charge < -0.3 is 30.1 Å². The van der Waals surface area contributed by atoms with Crippen LogP contribution >= 0.6 is 0 Å². The Balaban J connectivity index is 0. The summed E-state index contributed by atoms with van der Waals surface area (Å²) in [5.41, 5.74) is 0.313. The molecule has 1 rings (SSSR count). The second kappa shape index (κ2) is 15.3. The van der Waals surface area contributed by atoms with E-state index in [0.717, 1.165) is 13.2 Å². The quantitative estimate of drug-likeness (QED) is 0.569. The molecular formula is C16H35N3O5. The predicted octanol–water partition coefficient (Wildman–Crippen LogP) is 0.429. The first-order chi connectivity index (χ1) is 11.4. The van der Waals surface area contributed by atoms with Crippen molar-refractivity contribution in [3.63, 3.8) is 0 Å². The van der Waals surface area contributed by atoms with Gasteiger partial charge in [-0.3, -0.25) is 9.59 Å². The van der Waals surface area contributed by atoms with E-state index < -0.39 is 0 Å². The normalized spacial score (nSPS) is 17.8. The van der Waals surface area contributed by atoms with E-state index in [4.69, 9.17) is 24.5 Å². The summed E-state index contributed by atoms with van der Waals surface area (Å²) in [6.45, 7) is 9.39. The molecule has 0 aliphatic carbocycles. The smallest absolute Gasteiger partial charge is 0.290 e. The van der Waals surface area contributed by atoms with Gasteiger partial charge in [-0.05, 0) is 53.5 Å². The van der Waals surface area contributed by atoms with Gasteiger partial charge in [0.2, 0.25) is 0 Å². The largest absolute Gasteiger partial charge is 0.483 e. The van der Waals surface area contributed by atoms with Gasteiger partial charge in [-0.2, -0.15) is 0 Å². The van der Waals surface area contributed by atoms with E-state index in [9.17, 15) is 0 Å². The molecule has 0 aromatic heterocycles. The number of hydrogen-bond acceptors (Lipinski definition) is 6. The third kappa shape index (κ3) is 10.5. The van der Waals surface area contributed by atoms with Crippen LogP contribution in [-0.4, -0.2) is 98.5 Å². The summed E-state index contributed by atoms with van der Waals surface area (Å²) in [6.07, 6.45) is 2.50. The number of nitrogens with one attached hydrogen (secondary N) is 1. The molecule has 8 heteroatoms. The molecule has 0 aromatic rings. The van der Waals surface area contributed by atoms with Crippen molar-refractivity contribution in [2.75, 3.05) is 54.0 Å². The molecule has 0 amide bonds. The number of hydrogen-bond donors (Lipinski definition) is 3. The molecule has 0 radical (unpaired) electrons. The lowest BCUT2D eigenvalue weighted by molar-refractivity contribution is -0.123. The number of carbonyl (C=O) groups is 2. The Bertz CT molecular complexity index is 302. The molecular weight excluding hydrogens is 314 g/mol. The number of carboxylic acid groups (broad SMARTS) is 2. The minimum atomic E-state index is -0.250. The molecule has 0 aromatic carbocycles. The highest BCUT2D eigenvalue weighted by Crippen LogP contribution is 2.26. The second-order valence-electron chi connectivity index (χ2n) is 6.00. The Morgan fingerprint density at radius 1 is 1.25 bits per heavy atom. The van der Waals surface area contributed by atoms with Crippen LogP contribution in [0.3, 0.4) is 0 Å². The molecule has 1 aliphatic rings. The average Bonchev–Trinajstić information content (AvgIpc) is 2.55. The van der Waals surface area contributed by atoms with Crippen molar-refractivity contribution in [2.45, 2.75) is 38.3 Å². The number of nitrogens with zero attached hydrogens (tertiary/aromatic N) is 2. The second-order valence-corrected chi connectivity index (χ2v) is 6.00. The van der Waals surface area contributed by atoms with E-state index in [-0.39, 0.29) is 12.9 Å². The maximum Gasteiger partial charge on any atom is 0.290 e. The molecule has 1 saturated heterocycles. The van der Waals surface area contributed by atoms with Crippen LogP contribution in [0.25, 0.3) is 0 Å². The summed E-state index contributed by atoms with van der Waals surface area (Å²) < 4.78 is 5.19. The molecule has 1 aliphatic heterocycles. The average molecular weight is 349 g/mol. The SMILES string of the molecule is CCN1CCC(CNC(C)COC)(N(C)C)CC1.O=CO.O=CO. The molecule has 1 fully saturated rings. The van der Waals surface area contributed by atoms with Gasteiger partial charge in [-0.1, -0.05) is 6.92 Å². The fourth-order valence-corrected chi connectivity index (χ4v) is 2.74. The van der Waals surface area contributed by atoms with Gasteiger partial charge in [0.05, 0.1) is 6.61 Å². The Kier molecular flexibility index (Phi) is 16.0. The third-order valence-corrected chi connectivity index (χ3v) is 4.38. The monoisotopic (exact) mass is 349 g/mol. The first-order valence-electron chi connectivity index (χ1n) is 8.15. The van der Waals surface area contributed by atoms with Crippen LogP contribution in [0.5, 0.6) is 0 Å². The molecule has 1 heterocycles. The maximum absolute atomic E-state index is 8.36. The van der Waals surface area contributed by atoms with Crippen LogP contribution < -0.4 is 5.32 Å². The van der Waals surface area contributed by atoms with E-state index in [2.05, 4.69) is 43.1 Å². The lowest BCUT2D eigenvalue weighted by atomic mass is 9.86. The van der Waals surface area contributed by atoms with Crippen LogP contribution in [0, 0.1) is 0 Å². The van der Waals surface area contributed by atoms with E-state index in [1.165, 1.54) is 32.5 Å². The summed E-state index contributed by atoms with van der Waals surface area (Å²) in [6, 6.07) is 0.427. The van der Waals surface area contributed by atoms with Crippen LogP contribution in [0.2, 0.25) is 0 Å². The minimum absolute atomic E-state index is 0.250. The summed E-state index contributed by atoms with van der Waals surface area (Å²) in [5, 5.41) is 17.4. The third-order valence-electron chi connectivity index (χ3n) is 4.38. The zero-order valence-corrected chi connectivity index (χ0v) is 15.7. The minimum Gasteiger partial charge on any atom is -0.483 e. The van der Waals surface area contributed by atoms with Gasteiger partial charge in [-0.15, -0.1) is 0 Å². The van der Waals surface area contributed by atoms with Crippen molar-refractivity contribution in [1.29, 1.82) is 0 Å². The molecule has 1 unspecified atom stereocenters. The highest BCUT2D eigenvalue weighted by Gasteiger charge is 2.36. The Hall–Kier alpha value is -1.22. The van der Waals surface area contributed by atoms with Crippen LogP contribution in [0.1, 0.15) is 26.7 Å². The first-order valence-corrected chi connectivity index (χ1v) is 8.15. The van der Waals surface area contributed by atoms with Crippen molar-refractivity contribution in [2.24, 2.45) is 0 Å². The van der Waals surface area contributed by atoms with Gasteiger partial charge in [-0.25, -0.2) is 0 Å². The zero-order chi connectivity index (χ0) is 19.0. The van der Waals surface area contributed by atoms with E-state index in [1.807, 2.05) is 0 Å². The number of rotatable bonds is 7. The van der Waals surface area contributed by atoms with Gasteiger partial charge in [0.25, 0.3) is 12.9 Å². The summed E-state index contributed by atoms with van der Waals surface area (Å²) in [5.74, 6) is 0. The number of likely N-dealkylation sites (tertiary alicyclic amines) is 1. The standard InChI is InChI=1S/C14H31N3O.2CH2O2/c1-6-17-9-7-14(8-10-17,16(3)4)12-15-13(2)11-18-5;2*2-1-3/h13,15H,6-12H2,1-5H3;2*1H,(H,2,3). The summed E-state index contributed by atoms with van der Waals surface area (Å²) in [7, 11) is 6.19. The molecule has 0 bridgehead atoms. The predicted molar refractivity (Wildman–Crippen MR) is 94.5 cm³/mol. The van der Waals surface area contributed by atoms with Gasteiger partial charge >= 0.3 is 0 Å². The molecule has 3 N–H and O–H groups in total. The van der Waals surface area contributed by atoms with Crippen molar-refractivity contribution in [1.82, 2.24) is 15.1 Å².